The van der Waals surface area contributed by atoms with Gasteiger partial charge in [-0.25, -0.2) is 4.39 Å². The van der Waals surface area contributed by atoms with Crippen LogP contribution in [0, 0.1) is 5.82 Å². The molecular formula is C11H14FNO2. The average molecular weight is 211 g/mol. The van der Waals surface area contributed by atoms with E-state index in [1.807, 2.05) is 0 Å². The van der Waals surface area contributed by atoms with Crippen molar-refractivity contribution in [2.75, 3.05) is 20.2 Å². The molecular weight excluding hydrogens is 197 g/mol. The van der Waals surface area contributed by atoms with E-state index in [0.717, 1.165) is 11.8 Å². The van der Waals surface area contributed by atoms with Crippen molar-refractivity contribution in [3.05, 3.63) is 29.6 Å². The number of hydrogen-bond donors (Lipinski definition) is 1. The molecule has 0 aliphatic heterocycles. The first-order chi connectivity index (χ1) is 7.27. The lowest BCUT2D eigenvalue weighted by molar-refractivity contribution is -0.107. The maximum absolute atomic E-state index is 12.9. The first kappa shape index (κ1) is 11.7. The predicted octanol–water partition coefficient (Wildman–Crippen LogP) is 1.17. The molecule has 1 aromatic rings. The molecule has 0 amide bonds. The first-order valence-corrected chi connectivity index (χ1v) is 4.74. The molecule has 0 radical (unpaired) electrons. The van der Waals surface area contributed by atoms with Crippen LogP contribution in [0.15, 0.2) is 18.2 Å². The normalized spacial score (nSPS) is 10.0. The molecule has 3 nitrogen and oxygen atoms in total. The van der Waals surface area contributed by atoms with Crippen LogP contribution in [-0.4, -0.2) is 26.5 Å². The number of aldehydes is 1. The second kappa shape index (κ2) is 6.14. The number of hydrogen-bond acceptors (Lipinski definition) is 3. The summed E-state index contributed by atoms with van der Waals surface area (Å²) >= 11 is 0. The van der Waals surface area contributed by atoms with Crippen LogP contribution in [0.25, 0.3) is 0 Å². The molecule has 0 unspecified atom stereocenters. The second-order valence-electron chi connectivity index (χ2n) is 3.08. The zero-order valence-corrected chi connectivity index (χ0v) is 8.63. The molecule has 0 aliphatic carbocycles. The lowest BCUT2D eigenvalue weighted by Crippen LogP contribution is -2.19. The molecule has 1 rings (SSSR count). The van der Waals surface area contributed by atoms with Gasteiger partial charge in [0.05, 0.1) is 13.7 Å². The zero-order chi connectivity index (χ0) is 11.1. The van der Waals surface area contributed by atoms with Gasteiger partial charge in [-0.15, -0.1) is 0 Å². The Balaban J connectivity index is 2.57. The van der Waals surface area contributed by atoms with Crippen molar-refractivity contribution in [1.29, 1.82) is 0 Å². The van der Waals surface area contributed by atoms with E-state index >= 15 is 0 Å². The maximum Gasteiger partial charge on any atom is 0.133 e. The summed E-state index contributed by atoms with van der Waals surface area (Å²) in [5.74, 6) is 0.394. The quantitative estimate of drug-likeness (QED) is 0.567. The van der Waals surface area contributed by atoms with Crippen LogP contribution < -0.4 is 10.1 Å². The molecule has 4 heteroatoms. The van der Waals surface area contributed by atoms with E-state index in [1.54, 1.807) is 13.2 Å². The summed E-state index contributed by atoms with van der Waals surface area (Å²) in [7, 11) is 1.55. The fraction of sp³-hybridized carbons (Fsp3) is 0.364. The van der Waals surface area contributed by atoms with Crippen molar-refractivity contribution in [2.45, 2.75) is 6.42 Å². The molecule has 82 valence electrons. The maximum atomic E-state index is 12.9. The highest BCUT2D eigenvalue weighted by Crippen LogP contribution is 2.19. The van der Waals surface area contributed by atoms with Crippen molar-refractivity contribution >= 4 is 6.29 Å². The molecule has 0 aromatic heterocycles. The van der Waals surface area contributed by atoms with Gasteiger partial charge in [0.2, 0.25) is 0 Å². The second-order valence-corrected chi connectivity index (χ2v) is 3.08. The Hall–Kier alpha value is -1.42. The van der Waals surface area contributed by atoms with Gasteiger partial charge in [-0.05, 0) is 36.7 Å². The smallest absolute Gasteiger partial charge is 0.133 e. The number of nitrogens with one attached hydrogen (secondary N) is 1. The highest BCUT2D eigenvalue weighted by molar-refractivity contribution is 5.51. The molecule has 1 aromatic carbocycles. The molecule has 0 fully saturated rings. The minimum absolute atomic E-state index is 0.277. The number of methoxy groups -OCH3 is 1. The van der Waals surface area contributed by atoms with Crippen LogP contribution in [0.4, 0.5) is 4.39 Å². The Kier molecular flexibility index (Phi) is 4.77. The number of rotatable bonds is 6. The van der Waals surface area contributed by atoms with E-state index in [-0.39, 0.29) is 5.82 Å². The summed E-state index contributed by atoms with van der Waals surface area (Å²) in [6.45, 7) is 0.941. The van der Waals surface area contributed by atoms with E-state index in [4.69, 9.17) is 4.74 Å². The molecule has 0 saturated carbocycles. The van der Waals surface area contributed by atoms with Crippen LogP contribution in [0.1, 0.15) is 5.56 Å². The van der Waals surface area contributed by atoms with E-state index in [2.05, 4.69) is 5.32 Å². The molecule has 0 heterocycles. The Labute approximate surface area is 88.2 Å². The number of benzene rings is 1. The van der Waals surface area contributed by atoms with Gasteiger partial charge in [-0.2, -0.15) is 0 Å². The number of carbonyl (C=O) groups is 1. The van der Waals surface area contributed by atoms with E-state index in [0.29, 0.717) is 25.3 Å². The number of ether oxygens (including phenoxy) is 1. The van der Waals surface area contributed by atoms with Crippen LogP contribution >= 0.6 is 0 Å². The van der Waals surface area contributed by atoms with E-state index < -0.39 is 0 Å². The molecule has 15 heavy (non-hydrogen) atoms. The van der Waals surface area contributed by atoms with Gasteiger partial charge >= 0.3 is 0 Å². The Morgan fingerprint density at radius 2 is 2.33 bits per heavy atom. The summed E-state index contributed by atoms with van der Waals surface area (Å²) in [6.07, 6.45) is 1.43. The Bertz CT molecular complexity index is 328. The van der Waals surface area contributed by atoms with Crippen LogP contribution in [0.3, 0.4) is 0 Å². The molecule has 0 spiro atoms. The van der Waals surface area contributed by atoms with Crippen molar-refractivity contribution in [2.24, 2.45) is 0 Å². The van der Waals surface area contributed by atoms with Gasteiger partial charge in [0, 0.05) is 0 Å². The minimum atomic E-state index is -0.277. The third-order valence-electron chi connectivity index (χ3n) is 2.04. The number of carbonyl (C=O) groups excluding carboxylic acids is 1. The fourth-order valence-corrected chi connectivity index (χ4v) is 1.33. The van der Waals surface area contributed by atoms with Crippen LogP contribution in [0.2, 0.25) is 0 Å². The fourth-order valence-electron chi connectivity index (χ4n) is 1.33. The summed E-state index contributed by atoms with van der Waals surface area (Å²) in [5, 5.41) is 2.91. The van der Waals surface area contributed by atoms with Crippen LogP contribution in [-0.2, 0) is 11.2 Å². The standard InChI is InChI=1S/C11H14FNO2/c1-15-11-3-2-10(12)8-9(11)4-5-13-6-7-14/h2-3,7-8,13H,4-6H2,1H3. The third kappa shape index (κ3) is 3.67. The Morgan fingerprint density at radius 3 is 3.00 bits per heavy atom. The van der Waals surface area contributed by atoms with Crippen molar-refractivity contribution in [3.63, 3.8) is 0 Å². The largest absolute Gasteiger partial charge is 0.496 e. The highest BCUT2D eigenvalue weighted by Gasteiger charge is 2.03. The van der Waals surface area contributed by atoms with E-state index in [1.165, 1.54) is 12.1 Å². The molecule has 1 N–H and O–H groups in total. The van der Waals surface area contributed by atoms with Gasteiger partial charge in [0.25, 0.3) is 0 Å². The van der Waals surface area contributed by atoms with Gasteiger partial charge in [-0.3, -0.25) is 0 Å². The first-order valence-electron chi connectivity index (χ1n) is 4.74. The SMILES string of the molecule is COc1ccc(F)cc1CCNCC=O. The minimum Gasteiger partial charge on any atom is -0.496 e. The topological polar surface area (TPSA) is 38.3 Å². The molecule has 0 atom stereocenters. The van der Waals surface area contributed by atoms with Crippen molar-refractivity contribution in [3.8, 4) is 5.75 Å². The van der Waals surface area contributed by atoms with E-state index in [9.17, 15) is 9.18 Å². The summed E-state index contributed by atoms with van der Waals surface area (Å²) in [5.41, 5.74) is 0.802. The van der Waals surface area contributed by atoms with Crippen molar-refractivity contribution < 1.29 is 13.9 Å². The third-order valence-corrected chi connectivity index (χ3v) is 2.04. The Morgan fingerprint density at radius 1 is 1.53 bits per heavy atom. The monoisotopic (exact) mass is 211 g/mol. The average Bonchev–Trinajstić information content (AvgIpc) is 2.25. The molecule has 0 saturated heterocycles. The van der Waals surface area contributed by atoms with Gasteiger partial charge in [0.1, 0.15) is 17.9 Å². The van der Waals surface area contributed by atoms with Crippen molar-refractivity contribution in [1.82, 2.24) is 5.32 Å². The van der Waals surface area contributed by atoms with Gasteiger partial charge in [-0.1, -0.05) is 0 Å². The molecule has 0 bridgehead atoms. The lowest BCUT2D eigenvalue weighted by Gasteiger charge is -2.08. The molecule has 0 aliphatic rings. The zero-order valence-electron chi connectivity index (χ0n) is 8.63. The van der Waals surface area contributed by atoms with Gasteiger partial charge in [0.15, 0.2) is 0 Å². The number of halogens is 1. The highest BCUT2D eigenvalue weighted by atomic mass is 19.1. The lowest BCUT2D eigenvalue weighted by atomic mass is 10.1. The van der Waals surface area contributed by atoms with Gasteiger partial charge < -0.3 is 14.8 Å². The summed E-state index contributed by atoms with van der Waals surface area (Å²) in [4.78, 5) is 10.0. The predicted molar refractivity (Wildman–Crippen MR) is 55.6 cm³/mol. The summed E-state index contributed by atoms with van der Waals surface area (Å²) < 4.78 is 18.0. The summed E-state index contributed by atoms with van der Waals surface area (Å²) in [6, 6.07) is 4.41. The van der Waals surface area contributed by atoms with Crippen LogP contribution in [0.5, 0.6) is 5.75 Å².